The molecule has 0 radical (unpaired) electrons. The standard InChI is InChI=1S/C16H19BrN2S/c1-2-19-15(10-13-6-8-18-9-7-13)12-20-16-5-3-4-14(17)11-16/h3-9,11,15,19H,2,10,12H2,1H3. The second-order valence-corrected chi connectivity index (χ2v) is 6.59. The molecule has 2 nitrogen and oxygen atoms in total. The van der Waals surface area contributed by atoms with Gasteiger partial charge in [0.1, 0.15) is 0 Å². The van der Waals surface area contributed by atoms with Crippen LogP contribution >= 0.6 is 27.7 Å². The molecule has 0 fully saturated rings. The minimum Gasteiger partial charge on any atom is -0.313 e. The fourth-order valence-corrected chi connectivity index (χ4v) is 3.60. The minimum absolute atomic E-state index is 0.478. The van der Waals surface area contributed by atoms with Gasteiger partial charge >= 0.3 is 0 Å². The average molecular weight is 351 g/mol. The van der Waals surface area contributed by atoms with Gasteiger partial charge in [-0.3, -0.25) is 4.98 Å². The lowest BCUT2D eigenvalue weighted by Gasteiger charge is -2.17. The van der Waals surface area contributed by atoms with Crippen molar-refractivity contribution in [2.75, 3.05) is 12.3 Å². The first kappa shape index (κ1) is 15.5. The van der Waals surface area contributed by atoms with Crippen molar-refractivity contribution >= 4 is 27.7 Å². The maximum absolute atomic E-state index is 4.07. The Balaban J connectivity index is 1.92. The molecular formula is C16H19BrN2S. The average Bonchev–Trinajstić information content (AvgIpc) is 2.46. The molecule has 1 unspecified atom stereocenters. The molecule has 0 saturated carbocycles. The third-order valence-electron chi connectivity index (χ3n) is 2.97. The highest BCUT2D eigenvalue weighted by molar-refractivity contribution is 9.10. The van der Waals surface area contributed by atoms with Crippen molar-refractivity contribution in [1.29, 1.82) is 0 Å². The summed E-state index contributed by atoms with van der Waals surface area (Å²) in [5, 5.41) is 3.56. The number of aromatic nitrogens is 1. The molecule has 1 atom stereocenters. The van der Waals surface area contributed by atoms with E-state index in [1.165, 1.54) is 10.5 Å². The summed E-state index contributed by atoms with van der Waals surface area (Å²) < 4.78 is 1.14. The van der Waals surface area contributed by atoms with Crippen LogP contribution in [-0.2, 0) is 6.42 Å². The summed E-state index contributed by atoms with van der Waals surface area (Å²) >= 11 is 5.41. The molecule has 2 aromatic rings. The minimum atomic E-state index is 0.478. The van der Waals surface area contributed by atoms with Crippen molar-refractivity contribution in [3.63, 3.8) is 0 Å². The van der Waals surface area contributed by atoms with Crippen LogP contribution in [-0.4, -0.2) is 23.3 Å². The smallest absolute Gasteiger partial charge is 0.0270 e. The quantitative estimate of drug-likeness (QED) is 0.759. The van der Waals surface area contributed by atoms with Crippen LogP contribution in [0.15, 0.2) is 58.2 Å². The van der Waals surface area contributed by atoms with Crippen molar-refractivity contribution < 1.29 is 0 Å². The molecule has 0 aliphatic rings. The highest BCUT2D eigenvalue weighted by Gasteiger charge is 2.09. The number of benzene rings is 1. The SMILES string of the molecule is CCNC(CSc1cccc(Br)c1)Cc1ccncc1. The van der Waals surface area contributed by atoms with Gasteiger partial charge in [0.15, 0.2) is 0 Å². The van der Waals surface area contributed by atoms with E-state index < -0.39 is 0 Å². The number of thioether (sulfide) groups is 1. The summed E-state index contributed by atoms with van der Waals surface area (Å²) in [7, 11) is 0. The molecular weight excluding hydrogens is 332 g/mol. The Morgan fingerprint density at radius 2 is 2.05 bits per heavy atom. The summed E-state index contributed by atoms with van der Waals surface area (Å²) in [6, 6.07) is 13.1. The molecule has 1 aromatic heterocycles. The van der Waals surface area contributed by atoms with Gasteiger partial charge < -0.3 is 5.32 Å². The van der Waals surface area contributed by atoms with E-state index in [4.69, 9.17) is 0 Å². The van der Waals surface area contributed by atoms with E-state index in [2.05, 4.69) is 69.6 Å². The summed E-state index contributed by atoms with van der Waals surface area (Å²) in [6.07, 6.45) is 4.76. The van der Waals surface area contributed by atoms with E-state index in [-0.39, 0.29) is 0 Å². The monoisotopic (exact) mass is 350 g/mol. The first-order chi connectivity index (χ1) is 9.78. The van der Waals surface area contributed by atoms with Gasteiger partial charge in [-0.05, 0) is 48.9 Å². The van der Waals surface area contributed by atoms with Crippen molar-refractivity contribution in [3.05, 3.63) is 58.8 Å². The Bertz CT molecular complexity index is 519. The molecule has 0 amide bonds. The summed E-state index contributed by atoms with van der Waals surface area (Å²) in [6.45, 7) is 3.15. The number of likely N-dealkylation sites (N-methyl/N-ethyl adjacent to an activating group) is 1. The van der Waals surface area contributed by atoms with Gasteiger partial charge in [0.05, 0.1) is 0 Å². The van der Waals surface area contributed by atoms with Crippen molar-refractivity contribution in [2.45, 2.75) is 24.3 Å². The highest BCUT2D eigenvalue weighted by atomic mass is 79.9. The van der Waals surface area contributed by atoms with Gasteiger partial charge in [-0.15, -0.1) is 11.8 Å². The first-order valence-electron chi connectivity index (χ1n) is 6.78. The van der Waals surface area contributed by atoms with Crippen LogP contribution in [0, 0.1) is 0 Å². The molecule has 0 bridgehead atoms. The maximum atomic E-state index is 4.07. The molecule has 1 N–H and O–H groups in total. The van der Waals surface area contributed by atoms with Gasteiger partial charge in [0.25, 0.3) is 0 Å². The molecule has 0 aliphatic carbocycles. The lowest BCUT2D eigenvalue weighted by Crippen LogP contribution is -2.33. The lowest BCUT2D eigenvalue weighted by atomic mass is 10.1. The lowest BCUT2D eigenvalue weighted by molar-refractivity contribution is 0.572. The van der Waals surface area contributed by atoms with E-state index >= 15 is 0 Å². The summed E-state index contributed by atoms with van der Waals surface area (Å²) in [5.74, 6) is 1.06. The Kier molecular flexibility index (Phi) is 6.57. The molecule has 20 heavy (non-hydrogen) atoms. The highest BCUT2D eigenvalue weighted by Crippen LogP contribution is 2.23. The zero-order valence-electron chi connectivity index (χ0n) is 11.6. The Morgan fingerprint density at radius 3 is 2.75 bits per heavy atom. The van der Waals surface area contributed by atoms with Crippen molar-refractivity contribution in [3.8, 4) is 0 Å². The zero-order valence-corrected chi connectivity index (χ0v) is 14.0. The van der Waals surface area contributed by atoms with Gasteiger partial charge in [0.2, 0.25) is 0 Å². The predicted molar refractivity (Wildman–Crippen MR) is 90.3 cm³/mol. The van der Waals surface area contributed by atoms with Gasteiger partial charge in [0, 0.05) is 33.6 Å². The van der Waals surface area contributed by atoms with Gasteiger partial charge in [-0.1, -0.05) is 28.9 Å². The maximum Gasteiger partial charge on any atom is 0.0270 e. The van der Waals surface area contributed by atoms with Crippen LogP contribution < -0.4 is 5.32 Å². The van der Waals surface area contributed by atoms with E-state index in [0.717, 1.165) is 23.2 Å². The van der Waals surface area contributed by atoms with Crippen LogP contribution in [0.4, 0.5) is 0 Å². The van der Waals surface area contributed by atoms with E-state index in [0.29, 0.717) is 6.04 Å². The van der Waals surface area contributed by atoms with E-state index in [9.17, 15) is 0 Å². The summed E-state index contributed by atoms with van der Waals surface area (Å²) in [4.78, 5) is 5.37. The van der Waals surface area contributed by atoms with Gasteiger partial charge in [-0.2, -0.15) is 0 Å². The van der Waals surface area contributed by atoms with Crippen molar-refractivity contribution in [1.82, 2.24) is 10.3 Å². The fourth-order valence-electron chi connectivity index (χ4n) is 2.04. The van der Waals surface area contributed by atoms with E-state index in [1.807, 2.05) is 24.2 Å². The molecule has 0 aliphatic heterocycles. The second kappa shape index (κ2) is 8.45. The molecule has 1 aromatic carbocycles. The van der Waals surface area contributed by atoms with Crippen molar-refractivity contribution in [2.24, 2.45) is 0 Å². The predicted octanol–water partition coefficient (Wildman–Crippen LogP) is 4.16. The topological polar surface area (TPSA) is 24.9 Å². The molecule has 1 heterocycles. The van der Waals surface area contributed by atoms with Crippen LogP contribution in [0.5, 0.6) is 0 Å². The molecule has 0 saturated heterocycles. The van der Waals surface area contributed by atoms with Crippen LogP contribution in [0.1, 0.15) is 12.5 Å². The Morgan fingerprint density at radius 1 is 1.25 bits per heavy atom. The number of pyridine rings is 1. The number of hydrogen-bond acceptors (Lipinski definition) is 3. The molecule has 4 heteroatoms. The van der Waals surface area contributed by atoms with Crippen LogP contribution in [0.2, 0.25) is 0 Å². The van der Waals surface area contributed by atoms with Gasteiger partial charge in [-0.25, -0.2) is 0 Å². The number of rotatable bonds is 7. The van der Waals surface area contributed by atoms with Crippen LogP contribution in [0.3, 0.4) is 0 Å². The molecule has 2 rings (SSSR count). The molecule has 106 valence electrons. The number of nitrogens with one attached hydrogen (secondary N) is 1. The third-order valence-corrected chi connectivity index (χ3v) is 4.62. The number of halogens is 1. The summed E-state index contributed by atoms with van der Waals surface area (Å²) in [5.41, 5.74) is 1.33. The molecule has 0 spiro atoms. The third kappa shape index (κ3) is 5.27. The number of nitrogens with zero attached hydrogens (tertiary/aromatic N) is 1. The van der Waals surface area contributed by atoms with Crippen LogP contribution in [0.25, 0.3) is 0 Å². The Hall–Kier alpha value is -0.840. The zero-order chi connectivity index (χ0) is 14.2. The normalized spacial score (nSPS) is 12.3. The Labute approximate surface area is 133 Å². The largest absolute Gasteiger partial charge is 0.313 e. The first-order valence-corrected chi connectivity index (χ1v) is 8.56. The second-order valence-electron chi connectivity index (χ2n) is 4.58. The fraction of sp³-hybridized carbons (Fsp3) is 0.312. The van der Waals surface area contributed by atoms with E-state index in [1.54, 1.807) is 0 Å². The number of hydrogen-bond donors (Lipinski definition) is 1.